The van der Waals surface area contributed by atoms with Gasteiger partial charge < -0.3 is 16.0 Å². The first-order valence-corrected chi connectivity index (χ1v) is 4.83. The van der Waals surface area contributed by atoms with Gasteiger partial charge in [-0.3, -0.25) is 0 Å². The standard InChI is InChI=1S/C11H12N4O/c1-7-10(6-13-11(16)14-7)15-9-4-2-8(12)3-5-9/h2-6,15H,12H2,1H3,(H,13,14,16). The molecule has 0 aliphatic carbocycles. The molecule has 0 spiro atoms. The lowest BCUT2D eigenvalue weighted by Crippen LogP contribution is -2.12. The number of aryl methyl sites for hydroxylation is 1. The van der Waals surface area contributed by atoms with Gasteiger partial charge in [0.25, 0.3) is 0 Å². The van der Waals surface area contributed by atoms with E-state index in [1.807, 2.05) is 19.1 Å². The third-order valence-corrected chi connectivity index (χ3v) is 2.20. The van der Waals surface area contributed by atoms with E-state index in [4.69, 9.17) is 5.73 Å². The molecule has 0 saturated heterocycles. The summed E-state index contributed by atoms with van der Waals surface area (Å²) < 4.78 is 0. The number of nitrogens with zero attached hydrogens (tertiary/aromatic N) is 1. The van der Waals surface area contributed by atoms with E-state index in [0.717, 1.165) is 17.1 Å². The normalized spacial score (nSPS) is 10.1. The van der Waals surface area contributed by atoms with Crippen LogP contribution < -0.4 is 16.7 Å². The molecule has 5 heteroatoms. The van der Waals surface area contributed by atoms with Crippen molar-refractivity contribution in [1.29, 1.82) is 0 Å². The van der Waals surface area contributed by atoms with E-state index in [1.54, 1.807) is 12.1 Å². The number of nitrogen functional groups attached to an aromatic ring is 1. The highest BCUT2D eigenvalue weighted by Gasteiger charge is 2.00. The number of anilines is 3. The van der Waals surface area contributed by atoms with Gasteiger partial charge in [-0.1, -0.05) is 0 Å². The lowest BCUT2D eigenvalue weighted by molar-refractivity contribution is 1.03. The third kappa shape index (κ3) is 2.20. The van der Waals surface area contributed by atoms with Crippen molar-refractivity contribution in [1.82, 2.24) is 9.97 Å². The van der Waals surface area contributed by atoms with E-state index in [0.29, 0.717) is 5.69 Å². The summed E-state index contributed by atoms with van der Waals surface area (Å²) in [7, 11) is 0. The molecule has 5 nitrogen and oxygen atoms in total. The van der Waals surface area contributed by atoms with Gasteiger partial charge in [-0.15, -0.1) is 0 Å². The number of hydrogen-bond acceptors (Lipinski definition) is 4. The highest BCUT2D eigenvalue weighted by molar-refractivity contribution is 5.62. The number of nitrogens with one attached hydrogen (secondary N) is 2. The number of rotatable bonds is 2. The summed E-state index contributed by atoms with van der Waals surface area (Å²) in [5.41, 5.74) is 8.35. The molecule has 0 aliphatic heterocycles. The SMILES string of the molecule is Cc1[nH]c(=O)ncc1Nc1ccc(N)cc1. The Bertz CT molecular complexity index is 545. The van der Waals surface area contributed by atoms with E-state index in [9.17, 15) is 4.79 Å². The predicted molar refractivity (Wildman–Crippen MR) is 63.7 cm³/mol. The molecule has 1 heterocycles. The number of aromatic amines is 1. The zero-order chi connectivity index (χ0) is 11.5. The smallest absolute Gasteiger partial charge is 0.345 e. The zero-order valence-corrected chi connectivity index (χ0v) is 8.82. The van der Waals surface area contributed by atoms with Gasteiger partial charge in [-0.05, 0) is 31.2 Å². The van der Waals surface area contributed by atoms with Gasteiger partial charge in [-0.25, -0.2) is 4.79 Å². The van der Waals surface area contributed by atoms with Crippen molar-refractivity contribution < 1.29 is 0 Å². The van der Waals surface area contributed by atoms with Crippen molar-refractivity contribution in [2.45, 2.75) is 6.92 Å². The molecule has 0 bridgehead atoms. The average Bonchev–Trinajstić information content (AvgIpc) is 2.25. The van der Waals surface area contributed by atoms with Crippen molar-refractivity contribution in [2.75, 3.05) is 11.1 Å². The Morgan fingerprint density at radius 1 is 1.31 bits per heavy atom. The highest BCUT2D eigenvalue weighted by Crippen LogP contribution is 2.17. The summed E-state index contributed by atoms with van der Waals surface area (Å²) in [6.07, 6.45) is 1.50. The molecule has 0 radical (unpaired) electrons. The summed E-state index contributed by atoms with van der Waals surface area (Å²) in [5, 5.41) is 3.14. The van der Waals surface area contributed by atoms with Gasteiger partial charge in [0.05, 0.1) is 11.9 Å². The van der Waals surface area contributed by atoms with E-state index in [2.05, 4.69) is 15.3 Å². The Morgan fingerprint density at radius 2 is 2.00 bits per heavy atom. The van der Waals surface area contributed by atoms with Crippen LogP contribution in [-0.2, 0) is 0 Å². The second-order valence-electron chi connectivity index (χ2n) is 3.47. The van der Waals surface area contributed by atoms with Crippen molar-refractivity contribution >= 4 is 17.1 Å². The lowest BCUT2D eigenvalue weighted by Gasteiger charge is -2.08. The van der Waals surface area contributed by atoms with Crippen LogP contribution in [0, 0.1) is 6.92 Å². The molecule has 0 saturated carbocycles. The summed E-state index contributed by atoms with van der Waals surface area (Å²) >= 11 is 0. The van der Waals surface area contributed by atoms with Crippen LogP contribution in [0.4, 0.5) is 17.1 Å². The maximum absolute atomic E-state index is 10.9. The lowest BCUT2D eigenvalue weighted by atomic mass is 10.2. The number of nitrogens with two attached hydrogens (primary N) is 1. The largest absolute Gasteiger partial charge is 0.399 e. The van der Waals surface area contributed by atoms with Gasteiger partial charge >= 0.3 is 5.69 Å². The molecule has 4 N–H and O–H groups in total. The molecule has 82 valence electrons. The third-order valence-electron chi connectivity index (χ3n) is 2.20. The molecule has 0 amide bonds. The molecule has 2 aromatic rings. The number of aromatic nitrogens is 2. The maximum atomic E-state index is 10.9. The van der Waals surface area contributed by atoms with Crippen molar-refractivity contribution in [3.8, 4) is 0 Å². The monoisotopic (exact) mass is 216 g/mol. The molecular formula is C11H12N4O. The van der Waals surface area contributed by atoms with Crippen LogP contribution in [0.2, 0.25) is 0 Å². The zero-order valence-electron chi connectivity index (χ0n) is 8.82. The van der Waals surface area contributed by atoms with Crippen molar-refractivity contribution in [3.63, 3.8) is 0 Å². The average molecular weight is 216 g/mol. The molecule has 2 rings (SSSR count). The Labute approximate surface area is 92.3 Å². The van der Waals surface area contributed by atoms with E-state index >= 15 is 0 Å². The molecule has 16 heavy (non-hydrogen) atoms. The predicted octanol–water partition coefficient (Wildman–Crippen LogP) is 1.40. The molecule has 0 fully saturated rings. The van der Waals surface area contributed by atoms with Gasteiger partial charge in [0.1, 0.15) is 0 Å². The highest BCUT2D eigenvalue weighted by atomic mass is 16.1. The molecule has 0 atom stereocenters. The summed E-state index contributed by atoms with van der Waals surface area (Å²) in [6, 6.07) is 7.33. The topological polar surface area (TPSA) is 83.8 Å². The van der Waals surface area contributed by atoms with Gasteiger partial charge in [-0.2, -0.15) is 4.98 Å². The van der Waals surface area contributed by atoms with Gasteiger partial charge in [0, 0.05) is 17.1 Å². The van der Waals surface area contributed by atoms with E-state index < -0.39 is 0 Å². The summed E-state index contributed by atoms with van der Waals surface area (Å²) in [4.78, 5) is 17.2. The van der Waals surface area contributed by atoms with Crippen molar-refractivity contribution in [3.05, 3.63) is 46.6 Å². The molecule has 0 aliphatic rings. The first-order chi connectivity index (χ1) is 7.65. The minimum absolute atomic E-state index is 0.347. The van der Waals surface area contributed by atoms with Crippen molar-refractivity contribution in [2.24, 2.45) is 0 Å². The minimum Gasteiger partial charge on any atom is -0.399 e. The Morgan fingerprint density at radius 3 is 2.62 bits per heavy atom. The van der Waals surface area contributed by atoms with Crippen LogP contribution in [0.3, 0.4) is 0 Å². The van der Waals surface area contributed by atoms with Crippen LogP contribution in [0.1, 0.15) is 5.69 Å². The summed E-state index contributed by atoms with van der Waals surface area (Å²) in [6.45, 7) is 1.81. The van der Waals surface area contributed by atoms with Crippen LogP contribution in [-0.4, -0.2) is 9.97 Å². The van der Waals surface area contributed by atoms with Gasteiger partial charge in [0.2, 0.25) is 0 Å². The van der Waals surface area contributed by atoms with Gasteiger partial charge in [0.15, 0.2) is 0 Å². The Balaban J connectivity index is 2.27. The van der Waals surface area contributed by atoms with Crippen LogP contribution in [0.25, 0.3) is 0 Å². The molecule has 1 aromatic carbocycles. The van der Waals surface area contributed by atoms with Crippen LogP contribution in [0.5, 0.6) is 0 Å². The quantitative estimate of drug-likeness (QED) is 0.662. The summed E-state index contributed by atoms with van der Waals surface area (Å²) in [5.74, 6) is 0. The fraction of sp³-hybridized carbons (Fsp3) is 0.0909. The first kappa shape index (κ1) is 10.2. The second-order valence-corrected chi connectivity index (χ2v) is 3.47. The number of benzene rings is 1. The van der Waals surface area contributed by atoms with E-state index in [-0.39, 0.29) is 5.69 Å². The second kappa shape index (κ2) is 4.06. The van der Waals surface area contributed by atoms with Crippen LogP contribution in [0.15, 0.2) is 35.3 Å². The molecule has 1 aromatic heterocycles. The molecule has 0 unspecified atom stereocenters. The number of hydrogen-bond donors (Lipinski definition) is 3. The Kier molecular flexibility index (Phi) is 2.59. The van der Waals surface area contributed by atoms with E-state index in [1.165, 1.54) is 6.20 Å². The Hall–Kier alpha value is -2.30. The minimum atomic E-state index is -0.347. The maximum Gasteiger partial charge on any atom is 0.345 e. The first-order valence-electron chi connectivity index (χ1n) is 4.83. The number of H-pyrrole nitrogens is 1. The fourth-order valence-corrected chi connectivity index (χ4v) is 1.33. The van der Waals surface area contributed by atoms with Crippen LogP contribution >= 0.6 is 0 Å². The molecular weight excluding hydrogens is 204 g/mol. The fourth-order valence-electron chi connectivity index (χ4n) is 1.33.